The molecule has 0 bridgehead atoms. The summed E-state index contributed by atoms with van der Waals surface area (Å²) < 4.78 is 5.47. The molecule has 0 aromatic heterocycles. The summed E-state index contributed by atoms with van der Waals surface area (Å²) in [6, 6.07) is 0.466. The van der Waals surface area contributed by atoms with Crippen LogP contribution in [0.2, 0.25) is 0 Å². The summed E-state index contributed by atoms with van der Waals surface area (Å²) in [5.74, 6) is 0.715. The van der Waals surface area contributed by atoms with Crippen molar-refractivity contribution in [1.29, 1.82) is 0 Å². The lowest BCUT2D eigenvalue weighted by molar-refractivity contribution is 0.0927. The molecule has 9 heavy (non-hydrogen) atoms. The summed E-state index contributed by atoms with van der Waals surface area (Å²) in [4.78, 5) is 0. The Morgan fingerprint density at radius 1 is 1.44 bits per heavy atom. The summed E-state index contributed by atoms with van der Waals surface area (Å²) in [5, 5.41) is 0. The smallest absolute Gasteiger partial charge is 0.0619 e. The first-order valence-corrected chi connectivity index (χ1v) is 3.75. The Labute approximate surface area is 55.4 Å². The van der Waals surface area contributed by atoms with E-state index in [9.17, 15) is 0 Å². The van der Waals surface area contributed by atoms with Crippen LogP contribution in [0.25, 0.3) is 0 Å². The van der Waals surface area contributed by atoms with E-state index in [-0.39, 0.29) is 0 Å². The molecule has 2 fully saturated rings. The van der Waals surface area contributed by atoms with Crippen molar-refractivity contribution < 1.29 is 4.74 Å². The zero-order chi connectivity index (χ0) is 6.27. The van der Waals surface area contributed by atoms with Crippen LogP contribution in [0.5, 0.6) is 0 Å². The van der Waals surface area contributed by atoms with Gasteiger partial charge in [-0.1, -0.05) is 0 Å². The fourth-order valence-electron chi connectivity index (χ4n) is 1.60. The predicted molar refractivity (Wildman–Crippen MR) is 35.1 cm³/mol. The molecular weight excluding hydrogens is 114 g/mol. The first-order chi connectivity index (χ1) is 4.38. The van der Waals surface area contributed by atoms with Gasteiger partial charge in [0.05, 0.1) is 6.10 Å². The van der Waals surface area contributed by atoms with Gasteiger partial charge in [-0.15, -0.1) is 0 Å². The van der Waals surface area contributed by atoms with E-state index in [1.807, 2.05) is 0 Å². The Bertz CT molecular complexity index is 109. The van der Waals surface area contributed by atoms with Gasteiger partial charge in [0.1, 0.15) is 0 Å². The highest BCUT2D eigenvalue weighted by Crippen LogP contribution is 2.37. The topological polar surface area (TPSA) is 35.2 Å². The van der Waals surface area contributed by atoms with Gasteiger partial charge in [-0.2, -0.15) is 0 Å². The van der Waals surface area contributed by atoms with Crippen LogP contribution in [0.15, 0.2) is 0 Å². The lowest BCUT2D eigenvalue weighted by Gasteiger charge is -2.05. The van der Waals surface area contributed by atoms with Crippen LogP contribution in [0.3, 0.4) is 0 Å². The molecule has 0 aromatic carbocycles. The molecule has 1 heterocycles. The van der Waals surface area contributed by atoms with E-state index >= 15 is 0 Å². The molecule has 1 aliphatic carbocycles. The van der Waals surface area contributed by atoms with E-state index in [4.69, 9.17) is 10.5 Å². The zero-order valence-corrected chi connectivity index (χ0v) is 5.55. The van der Waals surface area contributed by atoms with Crippen molar-refractivity contribution in [2.24, 2.45) is 11.7 Å². The maximum Gasteiger partial charge on any atom is 0.0619 e. The highest BCUT2D eigenvalue weighted by atomic mass is 16.5. The summed E-state index contributed by atoms with van der Waals surface area (Å²) in [7, 11) is 0. The molecule has 2 heteroatoms. The quantitative estimate of drug-likeness (QED) is 0.557. The van der Waals surface area contributed by atoms with Crippen molar-refractivity contribution in [2.75, 3.05) is 6.61 Å². The third-order valence-corrected chi connectivity index (χ3v) is 2.33. The second kappa shape index (κ2) is 1.96. The molecule has 2 N–H and O–H groups in total. The second-order valence-electron chi connectivity index (χ2n) is 3.11. The summed E-state index contributed by atoms with van der Waals surface area (Å²) >= 11 is 0. The Balaban J connectivity index is 1.85. The summed E-state index contributed by atoms with van der Waals surface area (Å²) in [5.41, 5.74) is 5.67. The molecular formula is C7H13NO. The van der Waals surface area contributed by atoms with Gasteiger partial charge in [-0.25, -0.2) is 0 Å². The van der Waals surface area contributed by atoms with Crippen molar-refractivity contribution in [1.82, 2.24) is 0 Å². The Morgan fingerprint density at radius 2 is 2.22 bits per heavy atom. The number of hydrogen-bond donors (Lipinski definition) is 1. The molecule has 3 unspecified atom stereocenters. The maximum atomic E-state index is 5.67. The van der Waals surface area contributed by atoms with Gasteiger partial charge in [0.2, 0.25) is 0 Å². The standard InChI is InChI=1S/C7H13NO/c8-6-4-5(6)7-2-1-3-9-7/h5-7H,1-4,8H2. The fraction of sp³-hybridized carbons (Fsp3) is 1.00. The van der Waals surface area contributed by atoms with Crippen LogP contribution >= 0.6 is 0 Å². The number of rotatable bonds is 1. The fourth-order valence-corrected chi connectivity index (χ4v) is 1.60. The van der Waals surface area contributed by atoms with Gasteiger partial charge in [-0.3, -0.25) is 0 Å². The van der Waals surface area contributed by atoms with Crippen molar-refractivity contribution in [3.8, 4) is 0 Å². The monoisotopic (exact) mass is 127 g/mol. The van der Waals surface area contributed by atoms with Gasteiger partial charge < -0.3 is 10.5 Å². The van der Waals surface area contributed by atoms with Gasteiger partial charge in [-0.05, 0) is 19.3 Å². The molecule has 3 atom stereocenters. The molecule has 1 saturated carbocycles. The molecule has 2 aliphatic rings. The molecule has 1 saturated heterocycles. The molecule has 0 spiro atoms. The number of hydrogen-bond acceptors (Lipinski definition) is 2. The number of ether oxygens (including phenoxy) is 1. The minimum absolute atomic E-state index is 0.466. The van der Waals surface area contributed by atoms with E-state index < -0.39 is 0 Å². The Kier molecular flexibility index (Phi) is 1.24. The van der Waals surface area contributed by atoms with Crippen LogP contribution in [0.4, 0.5) is 0 Å². The first kappa shape index (κ1) is 5.69. The molecule has 0 amide bonds. The summed E-state index contributed by atoms with van der Waals surface area (Å²) in [6.45, 7) is 0.966. The lowest BCUT2D eigenvalue weighted by atomic mass is 10.1. The minimum atomic E-state index is 0.466. The van der Waals surface area contributed by atoms with E-state index in [2.05, 4.69) is 0 Å². The second-order valence-corrected chi connectivity index (χ2v) is 3.11. The van der Waals surface area contributed by atoms with E-state index in [0.717, 1.165) is 6.61 Å². The first-order valence-electron chi connectivity index (χ1n) is 3.75. The SMILES string of the molecule is NC1CC1C1CCCO1. The molecule has 2 rings (SSSR count). The van der Waals surface area contributed by atoms with E-state index in [1.54, 1.807) is 0 Å². The minimum Gasteiger partial charge on any atom is -0.378 e. The molecule has 2 nitrogen and oxygen atoms in total. The van der Waals surface area contributed by atoms with Crippen LogP contribution in [0.1, 0.15) is 19.3 Å². The average molecular weight is 127 g/mol. The van der Waals surface area contributed by atoms with Crippen molar-refractivity contribution in [3.63, 3.8) is 0 Å². The van der Waals surface area contributed by atoms with Gasteiger partial charge in [0.25, 0.3) is 0 Å². The van der Waals surface area contributed by atoms with Gasteiger partial charge >= 0.3 is 0 Å². The van der Waals surface area contributed by atoms with Crippen LogP contribution < -0.4 is 5.73 Å². The van der Waals surface area contributed by atoms with Gasteiger partial charge in [0.15, 0.2) is 0 Å². The molecule has 52 valence electrons. The average Bonchev–Trinajstić information content (AvgIpc) is 2.44. The normalized spacial score (nSPS) is 49.7. The highest BCUT2D eigenvalue weighted by molar-refractivity contribution is 4.96. The highest BCUT2D eigenvalue weighted by Gasteiger charge is 2.41. The van der Waals surface area contributed by atoms with Crippen molar-refractivity contribution in [2.45, 2.75) is 31.4 Å². The molecule has 0 aromatic rings. The van der Waals surface area contributed by atoms with E-state index in [0.29, 0.717) is 18.1 Å². The van der Waals surface area contributed by atoms with Gasteiger partial charge in [0, 0.05) is 18.6 Å². The maximum absolute atomic E-state index is 5.67. The van der Waals surface area contributed by atoms with Crippen LogP contribution in [-0.2, 0) is 4.74 Å². The third-order valence-electron chi connectivity index (χ3n) is 2.33. The Morgan fingerprint density at radius 3 is 2.67 bits per heavy atom. The molecule has 0 radical (unpaired) electrons. The van der Waals surface area contributed by atoms with Crippen LogP contribution in [0, 0.1) is 5.92 Å². The largest absolute Gasteiger partial charge is 0.378 e. The lowest BCUT2D eigenvalue weighted by Crippen LogP contribution is -2.14. The van der Waals surface area contributed by atoms with Crippen molar-refractivity contribution >= 4 is 0 Å². The number of nitrogens with two attached hydrogens (primary N) is 1. The summed E-state index contributed by atoms with van der Waals surface area (Å²) in [6.07, 6.45) is 4.22. The Hall–Kier alpha value is -0.0800. The zero-order valence-electron chi connectivity index (χ0n) is 5.55. The molecule has 1 aliphatic heterocycles. The third kappa shape index (κ3) is 0.970. The van der Waals surface area contributed by atoms with E-state index in [1.165, 1.54) is 19.3 Å². The van der Waals surface area contributed by atoms with Crippen LogP contribution in [-0.4, -0.2) is 18.8 Å². The predicted octanol–water partition coefficient (Wildman–Crippen LogP) is 0.513. The van der Waals surface area contributed by atoms with Crippen molar-refractivity contribution in [3.05, 3.63) is 0 Å².